The minimum Gasteiger partial charge on any atom is -0.492 e. The van der Waals surface area contributed by atoms with Crippen LogP contribution in [-0.2, 0) is 0 Å². The molecule has 5 heteroatoms. The highest BCUT2D eigenvalue weighted by Gasteiger charge is 2.07. The van der Waals surface area contributed by atoms with E-state index in [9.17, 15) is 0 Å². The van der Waals surface area contributed by atoms with Gasteiger partial charge < -0.3 is 10.1 Å². The van der Waals surface area contributed by atoms with Gasteiger partial charge in [0.25, 0.3) is 0 Å². The summed E-state index contributed by atoms with van der Waals surface area (Å²) in [7, 11) is 0. The van der Waals surface area contributed by atoms with Crippen LogP contribution in [0.5, 0.6) is 5.75 Å². The molecular weight excluding hydrogens is 271 g/mol. The van der Waals surface area contributed by atoms with Crippen LogP contribution in [-0.4, -0.2) is 44.2 Å². The fourth-order valence-electron chi connectivity index (χ4n) is 1.97. The summed E-state index contributed by atoms with van der Waals surface area (Å²) < 4.78 is 5.68. The second-order valence-corrected chi connectivity index (χ2v) is 4.69. The standard InChI is InChI=1S/C13H19ClN2O.ClH/c14-12-3-1-4-13(11-12)17-10-9-16-7-2-5-15-6-8-16;/h1,3-4,11,15H,2,5-10H2;1H. The molecule has 2 rings (SSSR count). The molecule has 1 aliphatic heterocycles. The second kappa shape index (κ2) is 8.59. The van der Waals surface area contributed by atoms with Crippen LogP contribution >= 0.6 is 24.0 Å². The van der Waals surface area contributed by atoms with E-state index in [0.29, 0.717) is 0 Å². The molecule has 0 amide bonds. The average molecular weight is 291 g/mol. The maximum Gasteiger partial charge on any atom is 0.120 e. The van der Waals surface area contributed by atoms with Crippen molar-refractivity contribution in [3.63, 3.8) is 0 Å². The molecule has 0 aliphatic carbocycles. The molecule has 0 atom stereocenters. The van der Waals surface area contributed by atoms with Crippen LogP contribution in [0.4, 0.5) is 0 Å². The van der Waals surface area contributed by atoms with E-state index < -0.39 is 0 Å². The van der Waals surface area contributed by atoms with Gasteiger partial charge >= 0.3 is 0 Å². The molecule has 0 bridgehead atoms. The minimum absolute atomic E-state index is 0. The maximum absolute atomic E-state index is 5.90. The zero-order chi connectivity index (χ0) is 11.9. The van der Waals surface area contributed by atoms with Crippen molar-refractivity contribution in [3.05, 3.63) is 29.3 Å². The highest BCUT2D eigenvalue weighted by Crippen LogP contribution is 2.16. The number of halogens is 2. The quantitative estimate of drug-likeness (QED) is 0.922. The van der Waals surface area contributed by atoms with Gasteiger partial charge in [0.15, 0.2) is 0 Å². The molecule has 1 fully saturated rings. The Hall–Kier alpha value is -0.480. The molecule has 0 radical (unpaired) electrons. The predicted molar refractivity (Wildman–Crippen MR) is 78.1 cm³/mol. The molecule has 1 heterocycles. The Labute approximate surface area is 120 Å². The Bertz CT molecular complexity index is 342. The van der Waals surface area contributed by atoms with Crippen LogP contribution in [0.2, 0.25) is 5.02 Å². The van der Waals surface area contributed by atoms with E-state index in [1.807, 2.05) is 24.3 Å². The van der Waals surface area contributed by atoms with Crippen molar-refractivity contribution in [2.75, 3.05) is 39.3 Å². The van der Waals surface area contributed by atoms with Crippen molar-refractivity contribution in [2.45, 2.75) is 6.42 Å². The third kappa shape index (κ3) is 5.44. The number of hydrogen-bond acceptors (Lipinski definition) is 3. The normalized spacial score (nSPS) is 16.7. The first-order valence-corrected chi connectivity index (χ1v) is 6.54. The highest BCUT2D eigenvalue weighted by molar-refractivity contribution is 6.30. The molecular formula is C13H20Cl2N2O. The Morgan fingerprint density at radius 2 is 2.17 bits per heavy atom. The van der Waals surface area contributed by atoms with E-state index >= 15 is 0 Å². The molecule has 3 nitrogen and oxygen atoms in total. The van der Waals surface area contributed by atoms with Crippen LogP contribution < -0.4 is 10.1 Å². The molecule has 1 aromatic carbocycles. The van der Waals surface area contributed by atoms with Gasteiger partial charge in [0, 0.05) is 24.7 Å². The molecule has 0 aromatic heterocycles. The van der Waals surface area contributed by atoms with Gasteiger partial charge in [-0.2, -0.15) is 0 Å². The first kappa shape index (κ1) is 15.6. The lowest BCUT2D eigenvalue weighted by atomic mass is 10.3. The lowest BCUT2D eigenvalue weighted by Gasteiger charge is -2.19. The molecule has 0 saturated carbocycles. The lowest BCUT2D eigenvalue weighted by Crippen LogP contribution is -2.31. The van der Waals surface area contributed by atoms with Gasteiger partial charge in [0.1, 0.15) is 12.4 Å². The van der Waals surface area contributed by atoms with E-state index in [-0.39, 0.29) is 12.4 Å². The summed E-state index contributed by atoms with van der Waals surface area (Å²) in [5.41, 5.74) is 0. The third-order valence-electron chi connectivity index (χ3n) is 2.91. The summed E-state index contributed by atoms with van der Waals surface area (Å²) >= 11 is 5.90. The summed E-state index contributed by atoms with van der Waals surface area (Å²) in [4.78, 5) is 2.44. The number of ether oxygens (including phenoxy) is 1. The van der Waals surface area contributed by atoms with Crippen LogP contribution in [0, 0.1) is 0 Å². The Morgan fingerprint density at radius 1 is 1.28 bits per heavy atom. The summed E-state index contributed by atoms with van der Waals surface area (Å²) in [6, 6.07) is 7.56. The number of hydrogen-bond donors (Lipinski definition) is 1. The molecule has 1 aromatic rings. The lowest BCUT2D eigenvalue weighted by molar-refractivity contribution is 0.217. The predicted octanol–water partition coefficient (Wildman–Crippen LogP) is 2.44. The second-order valence-electron chi connectivity index (χ2n) is 4.25. The van der Waals surface area contributed by atoms with Gasteiger partial charge in [0.2, 0.25) is 0 Å². The molecule has 0 unspecified atom stereocenters. The molecule has 1 aliphatic rings. The van der Waals surface area contributed by atoms with Gasteiger partial charge in [-0.3, -0.25) is 4.90 Å². The SMILES string of the molecule is Cl.Clc1cccc(OCCN2CCCNCC2)c1. The van der Waals surface area contributed by atoms with Crippen LogP contribution in [0.25, 0.3) is 0 Å². The Morgan fingerprint density at radius 3 is 3.00 bits per heavy atom. The van der Waals surface area contributed by atoms with Crippen molar-refractivity contribution >= 4 is 24.0 Å². The first-order valence-electron chi connectivity index (χ1n) is 6.16. The fourth-order valence-corrected chi connectivity index (χ4v) is 2.15. The smallest absolute Gasteiger partial charge is 0.120 e. The molecule has 18 heavy (non-hydrogen) atoms. The van der Waals surface area contributed by atoms with Gasteiger partial charge in [0.05, 0.1) is 0 Å². The van der Waals surface area contributed by atoms with Crippen LogP contribution in [0.15, 0.2) is 24.3 Å². The summed E-state index contributed by atoms with van der Waals surface area (Å²) in [6.07, 6.45) is 1.22. The van der Waals surface area contributed by atoms with Gasteiger partial charge in [-0.15, -0.1) is 12.4 Å². The van der Waals surface area contributed by atoms with Crippen molar-refractivity contribution in [1.82, 2.24) is 10.2 Å². The van der Waals surface area contributed by atoms with E-state index in [1.54, 1.807) is 0 Å². The third-order valence-corrected chi connectivity index (χ3v) is 3.14. The largest absolute Gasteiger partial charge is 0.492 e. The average Bonchev–Trinajstić information content (AvgIpc) is 2.58. The van der Waals surface area contributed by atoms with Crippen molar-refractivity contribution < 1.29 is 4.74 Å². The number of nitrogens with one attached hydrogen (secondary N) is 1. The van der Waals surface area contributed by atoms with Gasteiger partial charge in [-0.25, -0.2) is 0 Å². The summed E-state index contributed by atoms with van der Waals surface area (Å²) in [5.74, 6) is 0.852. The molecule has 1 N–H and O–H groups in total. The minimum atomic E-state index is 0. The Balaban J connectivity index is 0.00000162. The van der Waals surface area contributed by atoms with E-state index in [2.05, 4.69) is 10.2 Å². The van der Waals surface area contributed by atoms with Crippen molar-refractivity contribution in [1.29, 1.82) is 0 Å². The first-order chi connectivity index (χ1) is 8.34. The zero-order valence-corrected chi connectivity index (χ0v) is 12.0. The van der Waals surface area contributed by atoms with E-state index in [0.717, 1.165) is 50.1 Å². The topological polar surface area (TPSA) is 24.5 Å². The van der Waals surface area contributed by atoms with Crippen molar-refractivity contribution in [3.8, 4) is 5.75 Å². The molecule has 1 saturated heterocycles. The zero-order valence-electron chi connectivity index (χ0n) is 10.4. The fraction of sp³-hybridized carbons (Fsp3) is 0.538. The molecule has 102 valence electrons. The molecule has 0 spiro atoms. The Kier molecular flexibility index (Phi) is 7.44. The van der Waals surface area contributed by atoms with E-state index in [1.165, 1.54) is 6.42 Å². The number of rotatable bonds is 4. The highest BCUT2D eigenvalue weighted by atomic mass is 35.5. The maximum atomic E-state index is 5.90. The monoisotopic (exact) mass is 290 g/mol. The van der Waals surface area contributed by atoms with Crippen LogP contribution in [0.3, 0.4) is 0 Å². The number of nitrogens with zero attached hydrogens (tertiary/aromatic N) is 1. The van der Waals surface area contributed by atoms with Crippen molar-refractivity contribution in [2.24, 2.45) is 0 Å². The number of benzene rings is 1. The van der Waals surface area contributed by atoms with Gasteiger partial charge in [-0.05, 0) is 37.7 Å². The van der Waals surface area contributed by atoms with E-state index in [4.69, 9.17) is 16.3 Å². The summed E-state index contributed by atoms with van der Waals surface area (Å²) in [5, 5.41) is 4.12. The van der Waals surface area contributed by atoms with Crippen LogP contribution in [0.1, 0.15) is 6.42 Å². The van der Waals surface area contributed by atoms with Gasteiger partial charge in [-0.1, -0.05) is 17.7 Å². The summed E-state index contributed by atoms with van der Waals surface area (Å²) in [6.45, 7) is 6.18.